The Labute approximate surface area is 276 Å². The number of fused-ring (bicyclic) bond motifs is 1. The van der Waals surface area contributed by atoms with Crippen LogP contribution in [-0.4, -0.2) is 56.0 Å². The predicted molar refractivity (Wildman–Crippen MR) is 162 cm³/mol. The number of aromatic nitrogens is 2. The Balaban J connectivity index is 1.95. The molecule has 2 aromatic carbocycles. The number of benzene rings is 2. The van der Waals surface area contributed by atoms with Gasteiger partial charge in [0.15, 0.2) is 0 Å². The molecule has 0 bridgehead atoms. The van der Waals surface area contributed by atoms with E-state index in [0.717, 1.165) is 18.2 Å². The van der Waals surface area contributed by atoms with Gasteiger partial charge in [-0.05, 0) is 67.3 Å². The van der Waals surface area contributed by atoms with E-state index >= 15 is 0 Å². The lowest BCUT2D eigenvalue weighted by Crippen LogP contribution is -2.48. The van der Waals surface area contributed by atoms with Gasteiger partial charge in [0.1, 0.15) is 0 Å². The van der Waals surface area contributed by atoms with Crippen LogP contribution in [0.1, 0.15) is 60.5 Å². The number of anilines is 3. The summed E-state index contributed by atoms with van der Waals surface area (Å²) in [6.45, 7) is 3.34. The van der Waals surface area contributed by atoms with E-state index in [1.165, 1.54) is 29.3 Å². The molecule has 268 valence electrons. The Morgan fingerprint density at radius 3 is 2.00 bits per heavy atom. The lowest BCUT2D eigenvalue weighted by molar-refractivity contribution is -0.143. The summed E-state index contributed by atoms with van der Waals surface area (Å²) in [5.74, 6) is -0.178. The van der Waals surface area contributed by atoms with Gasteiger partial charge >= 0.3 is 24.6 Å². The molecule has 17 heteroatoms. The first kappa shape index (κ1) is 37.5. The molecule has 49 heavy (non-hydrogen) atoms. The van der Waals surface area contributed by atoms with Gasteiger partial charge in [0.25, 0.3) is 0 Å². The fourth-order valence-electron chi connectivity index (χ4n) is 5.63. The molecule has 0 saturated heterocycles. The molecule has 1 aromatic heterocycles. The standard InChI is InChI=1S/C32H34F9N5O3/c1-5-23-15-27(25-14-20(30(33,34)35)7-8-26(25)46(23)29(47)49-6-2)45(28-42-16-24(17-43-28)44(3)9-10-48-4)18-19-11-21(31(36,37)38)13-22(12-19)32(39,40)41/h7-8,11-14,16-17,23,27H,5-6,9-10,15,18H2,1-4H3/t23-,27+/m1/s1. The Morgan fingerprint density at radius 2 is 1.49 bits per heavy atom. The van der Waals surface area contributed by atoms with Crippen molar-refractivity contribution in [3.05, 3.63) is 76.6 Å². The van der Waals surface area contributed by atoms with Crippen LogP contribution in [0.3, 0.4) is 0 Å². The number of halogens is 9. The number of hydrogen-bond donors (Lipinski definition) is 0. The molecule has 2 heterocycles. The summed E-state index contributed by atoms with van der Waals surface area (Å²) in [4.78, 5) is 26.0. The van der Waals surface area contributed by atoms with Crippen LogP contribution in [0, 0.1) is 0 Å². The van der Waals surface area contributed by atoms with Crippen molar-refractivity contribution in [3.63, 3.8) is 0 Å². The van der Waals surface area contributed by atoms with Crippen molar-refractivity contribution in [1.82, 2.24) is 9.97 Å². The number of hydrogen-bond acceptors (Lipinski definition) is 7. The molecule has 2 atom stereocenters. The average Bonchev–Trinajstić information content (AvgIpc) is 3.04. The van der Waals surface area contributed by atoms with Crippen molar-refractivity contribution in [2.75, 3.05) is 48.6 Å². The third-order valence-electron chi connectivity index (χ3n) is 8.10. The highest BCUT2D eigenvalue weighted by atomic mass is 19.4. The van der Waals surface area contributed by atoms with E-state index in [1.807, 2.05) is 0 Å². The van der Waals surface area contributed by atoms with Gasteiger partial charge in [0, 0.05) is 33.3 Å². The monoisotopic (exact) mass is 707 g/mol. The SMILES string of the molecule is CCOC(=O)N1c2ccc(C(F)(F)F)cc2[C@@H](N(Cc2cc(C(F)(F)F)cc(C(F)(F)F)c2)c2ncc(N(C)CCOC)cn2)C[C@H]1CC. The highest BCUT2D eigenvalue weighted by Crippen LogP contribution is 2.46. The summed E-state index contributed by atoms with van der Waals surface area (Å²) in [5, 5.41) is 0. The first-order valence-electron chi connectivity index (χ1n) is 15.1. The Kier molecular flexibility index (Phi) is 11.2. The van der Waals surface area contributed by atoms with Crippen molar-refractivity contribution in [1.29, 1.82) is 0 Å². The quantitative estimate of drug-likeness (QED) is 0.196. The van der Waals surface area contributed by atoms with E-state index in [4.69, 9.17) is 9.47 Å². The third kappa shape index (κ3) is 8.66. The summed E-state index contributed by atoms with van der Waals surface area (Å²) in [6, 6.07) is 1.95. The highest BCUT2D eigenvalue weighted by Gasteiger charge is 2.42. The molecule has 4 rings (SSSR count). The number of amides is 1. The van der Waals surface area contributed by atoms with E-state index < -0.39 is 65.5 Å². The zero-order valence-corrected chi connectivity index (χ0v) is 26.9. The smallest absolute Gasteiger partial charge is 0.416 e. The summed E-state index contributed by atoms with van der Waals surface area (Å²) < 4.78 is 135. The number of nitrogens with zero attached hydrogens (tertiary/aromatic N) is 5. The first-order valence-corrected chi connectivity index (χ1v) is 15.1. The van der Waals surface area contributed by atoms with E-state index in [1.54, 1.807) is 25.8 Å². The van der Waals surface area contributed by atoms with Crippen LogP contribution in [-0.2, 0) is 34.5 Å². The summed E-state index contributed by atoms with van der Waals surface area (Å²) >= 11 is 0. The summed E-state index contributed by atoms with van der Waals surface area (Å²) in [6.07, 6.45) is -13.0. The molecule has 0 aliphatic carbocycles. The molecule has 1 aliphatic rings. The molecule has 0 N–H and O–H groups in total. The molecule has 1 amide bonds. The van der Waals surface area contributed by atoms with Gasteiger partial charge in [0.05, 0.1) is 59.7 Å². The number of methoxy groups -OCH3 is 1. The Morgan fingerprint density at radius 1 is 0.898 bits per heavy atom. The second-order valence-corrected chi connectivity index (χ2v) is 11.4. The van der Waals surface area contributed by atoms with Gasteiger partial charge in [-0.3, -0.25) is 4.90 Å². The molecule has 0 spiro atoms. The molecule has 0 unspecified atom stereocenters. The van der Waals surface area contributed by atoms with E-state index in [-0.39, 0.29) is 42.7 Å². The van der Waals surface area contributed by atoms with E-state index in [9.17, 15) is 44.3 Å². The number of likely N-dealkylation sites (N-methyl/N-ethyl adjacent to an activating group) is 1. The molecule has 0 fully saturated rings. The van der Waals surface area contributed by atoms with Crippen LogP contribution >= 0.6 is 0 Å². The van der Waals surface area contributed by atoms with Crippen molar-refractivity contribution in [2.24, 2.45) is 0 Å². The normalized spacial score (nSPS) is 16.7. The zero-order valence-electron chi connectivity index (χ0n) is 26.9. The second kappa shape index (κ2) is 14.7. The minimum atomic E-state index is -5.14. The Hall–Kier alpha value is -4.28. The number of carbonyl (C=O) groups is 1. The first-order chi connectivity index (χ1) is 22.9. The highest BCUT2D eigenvalue weighted by molar-refractivity contribution is 5.90. The van der Waals surface area contributed by atoms with Crippen molar-refractivity contribution in [2.45, 2.75) is 63.8 Å². The number of rotatable bonds is 10. The van der Waals surface area contributed by atoms with Gasteiger partial charge < -0.3 is 19.3 Å². The van der Waals surface area contributed by atoms with Crippen molar-refractivity contribution in [3.8, 4) is 0 Å². The van der Waals surface area contributed by atoms with Gasteiger partial charge in [-0.15, -0.1) is 0 Å². The second-order valence-electron chi connectivity index (χ2n) is 11.4. The van der Waals surface area contributed by atoms with Gasteiger partial charge in [-0.2, -0.15) is 39.5 Å². The van der Waals surface area contributed by atoms with Crippen LogP contribution < -0.4 is 14.7 Å². The van der Waals surface area contributed by atoms with Gasteiger partial charge in [-0.25, -0.2) is 14.8 Å². The maximum absolute atomic E-state index is 14.0. The summed E-state index contributed by atoms with van der Waals surface area (Å²) in [7, 11) is 3.21. The molecule has 0 saturated carbocycles. The summed E-state index contributed by atoms with van der Waals surface area (Å²) in [5.41, 5.74) is -4.18. The van der Waals surface area contributed by atoms with Gasteiger partial charge in [0.2, 0.25) is 5.95 Å². The van der Waals surface area contributed by atoms with E-state index in [0.29, 0.717) is 31.0 Å². The van der Waals surface area contributed by atoms with Crippen LogP contribution in [0.4, 0.5) is 61.6 Å². The average molecular weight is 708 g/mol. The molecular formula is C32H34F9N5O3. The largest absolute Gasteiger partial charge is 0.449 e. The maximum Gasteiger partial charge on any atom is 0.416 e. The zero-order chi connectivity index (χ0) is 36.3. The predicted octanol–water partition coefficient (Wildman–Crippen LogP) is 8.51. The van der Waals surface area contributed by atoms with Gasteiger partial charge in [-0.1, -0.05) is 6.92 Å². The Bertz CT molecular complexity index is 1560. The van der Waals surface area contributed by atoms with Crippen LogP contribution in [0.25, 0.3) is 0 Å². The number of ether oxygens (including phenoxy) is 2. The molecule has 3 aromatic rings. The molecule has 8 nitrogen and oxygen atoms in total. The lowest BCUT2D eigenvalue weighted by atomic mass is 9.87. The molecule has 1 aliphatic heterocycles. The van der Waals surface area contributed by atoms with Crippen LogP contribution in [0.5, 0.6) is 0 Å². The van der Waals surface area contributed by atoms with Crippen molar-refractivity contribution >= 4 is 23.4 Å². The van der Waals surface area contributed by atoms with Crippen molar-refractivity contribution < 1.29 is 53.8 Å². The van der Waals surface area contributed by atoms with Crippen LogP contribution in [0.15, 0.2) is 48.8 Å². The van der Waals surface area contributed by atoms with E-state index in [2.05, 4.69) is 9.97 Å². The maximum atomic E-state index is 14.0. The fourth-order valence-corrected chi connectivity index (χ4v) is 5.63. The number of alkyl halides is 9. The molecular weight excluding hydrogens is 673 g/mol. The fraction of sp³-hybridized carbons (Fsp3) is 0.469. The number of carbonyl (C=O) groups excluding carboxylic acids is 1. The molecule has 0 radical (unpaired) electrons. The minimum Gasteiger partial charge on any atom is -0.449 e. The van der Waals surface area contributed by atoms with Crippen LogP contribution in [0.2, 0.25) is 0 Å². The lowest BCUT2D eigenvalue weighted by Gasteiger charge is -2.44. The topological polar surface area (TPSA) is 71.0 Å². The third-order valence-corrected chi connectivity index (χ3v) is 8.10. The minimum absolute atomic E-state index is 0.00909.